The van der Waals surface area contributed by atoms with E-state index in [9.17, 15) is 9.18 Å². The molecule has 2 aliphatic heterocycles. The molecular weight excluding hydrogens is 359 g/mol. The van der Waals surface area contributed by atoms with Crippen molar-refractivity contribution in [1.29, 1.82) is 5.26 Å². The van der Waals surface area contributed by atoms with Crippen molar-refractivity contribution < 1.29 is 9.18 Å². The topological polar surface area (TPSA) is 75.0 Å². The van der Waals surface area contributed by atoms with Crippen molar-refractivity contribution in [3.63, 3.8) is 0 Å². The number of carbonyl (C=O) groups is 1. The fraction of sp³-hybridized carbons (Fsp3) is 0.550. The molecule has 2 aliphatic rings. The van der Waals surface area contributed by atoms with Gasteiger partial charge in [0.05, 0.1) is 18.2 Å². The van der Waals surface area contributed by atoms with Crippen LogP contribution < -0.4 is 5.32 Å². The van der Waals surface area contributed by atoms with E-state index in [0.717, 1.165) is 52.1 Å². The molecule has 3 rings (SSSR count). The van der Waals surface area contributed by atoms with E-state index < -0.39 is 0 Å². The van der Waals surface area contributed by atoms with E-state index in [1.165, 1.54) is 12.1 Å². The summed E-state index contributed by atoms with van der Waals surface area (Å²) in [5, 5.41) is 12.2. The van der Waals surface area contributed by atoms with Gasteiger partial charge in [0.25, 0.3) is 0 Å². The SMILES string of the molecule is CN=C(NCc1cc(C#N)ccc1F)N1CCN(CC(=O)N2CCCC2)CC1. The highest BCUT2D eigenvalue weighted by Gasteiger charge is 2.24. The van der Waals surface area contributed by atoms with E-state index in [2.05, 4.69) is 20.1 Å². The molecule has 1 aromatic rings. The van der Waals surface area contributed by atoms with Gasteiger partial charge in [0.1, 0.15) is 5.82 Å². The van der Waals surface area contributed by atoms with Crippen LogP contribution in [-0.2, 0) is 11.3 Å². The number of benzene rings is 1. The molecule has 1 N–H and O–H groups in total. The summed E-state index contributed by atoms with van der Waals surface area (Å²) < 4.78 is 14.0. The minimum atomic E-state index is -0.341. The smallest absolute Gasteiger partial charge is 0.236 e. The van der Waals surface area contributed by atoms with Crippen LogP contribution in [0.3, 0.4) is 0 Å². The molecule has 1 aromatic carbocycles. The first-order valence-electron chi connectivity index (χ1n) is 9.75. The van der Waals surface area contributed by atoms with Crippen molar-refractivity contribution in [2.75, 3.05) is 52.9 Å². The molecule has 0 aliphatic carbocycles. The second-order valence-corrected chi connectivity index (χ2v) is 7.17. The second kappa shape index (κ2) is 9.51. The fourth-order valence-corrected chi connectivity index (χ4v) is 3.66. The Labute approximate surface area is 165 Å². The standard InChI is InChI=1S/C20H27FN6O/c1-23-20(24-14-17-12-16(13-22)4-5-18(17)21)27-10-8-25(9-11-27)15-19(28)26-6-2-3-7-26/h4-5,12H,2-3,6-11,14-15H2,1H3,(H,23,24). The van der Waals surface area contributed by atoms with E-state index in [0.29, 0.717) is 23.6 Å². The molecule has 0 bridgehead atoms. The van der Waals surface area contributed by atoms with Crippen molar-refractivity contribution in [3.05, 3.63) is 35.1 Å². The molecule has 2 fully saturated rings. The Balaban J connectivity index is 1.48. The third-order valence-electron chi connectivity index (χ3n) is 5.31. The number of amides is 1. The summed E-state index contributed by atoms with van der Waals surface area (Å²) in [6.07, 6.45) is 2.22. The van der Waals surface area contributed by atoms with Gasteiger partial charge >= 0.3 is 0 Å². The van der Waals surface area contributed by atoms with Gasteiger partial charge < -0.3 is 15.1 Å². The summed E-state index contributed by atoms with van der Waals surface area (Å²) in [5.41, 5.74) is 0.875. The molecular formula is C20H27FN6O. The maximum absolute atomic E-state index is 14.0. The lowest BCUT2D eigenvalue weighted by Gasteiger charge is -2.36. The first-order chi connectivity index (χ1) is 13.6. The molecule has 0 aromatic heterocycles. The lowest BCUT2D eigenvalue weighted by atomic mass is 10.1. The number of nitrogens with one attached hydrogen (secondary N) is 1. The van der Waals surface area contributed by atoms with Crippen LogP contribution in [0.4, 0.5) is 4.39 Å². The predicted octanol–water partition coefficient (Wildman–Crippen LogP) is 1.01. The number of nitriles is 1. The number of halogens is 1. The maximum atomic E-state index is 14.0. The lowest BCUT2D eigenvalue weighted by Crippen LogP contribution is -2.54. The number of guanidine groups is 1. The van der Waals surface area contributed by atoms with Crippen LogP contribution in [0.5, 0.6) is 0 Å². The zero-order valence-corrected chi connectivity index (χ0v) is 16.3. The van der Waals surface area contributed by atoms with Crippen LogP contribution in [0.1, 0.15) is 24.0 Å². The van der Waals surface area contributed by atoms with Crippen LogP contribution >= 0.6 is 0 Å². The van der Waals surface area contributed by atoms with Gasteiger partial charge in [0, 0.05) is 58.4 Å². The van der Waals surface area contributed by atoms with E-state index in [1.807, 2.05) is 11.0 Å². The molecule has 150 valence electrons. The summed E-state index contributed by atoms with van der Waals surface area (Å²) in [7, 11) is 1.70. The number of rotatable bonds is 4. The molecule has 2 saturated heterocycles. The van der Waals surface area contributed by atoms with Gasteiger partial charge in [-0.15, -0.1) is 0 Å². The van der Waals surface area contributed by atoms with Crippen molar-refractivity contribution >= 4 is 11.9 Å². The quantitative estimate of drug-likeness (QED) is 0.618. The number of aliphatic imine (C=N–C) groups is 1. The monoisotopic (exact) mass is 386 g/mol. The maximum Gasteiger partial charge on any atom is 0.236 e. The van der Waals surface area contributed by atoms with Gasteiger partial charge in [0.15, 0.2) is 5.96 Å². The number of likely N-dealkylation sites (tertiary alicyclic amines) is 1. The predicted molar refractivity (Wildman–Crippen MR) is 105 cm³/mol. The Morgan fingerprint density at radius 2 is 1.89 bits per heavy atom. The zero-order valence-electron chi connectivity index (χ0n) is 16.3. The van der Waals surface area contributed by atoms with Crippen molar-refractivity contribution in [2.45, 2.75) is 19.4 Å². The van der Waals surface area contributed by atoms with Gasteiger partial charge in [-0.2, -0.15) is 5.26 Å². The average Bonchev–Trinajstić information content (AvgIpc) is 3.26. The Bertz CT molecular complexity index is 760. The van der Waals surface area contributed by atoms with Crippen molar-refractivity contribution in [1.82, 2.24) is 20.0 Å². The fourth-order valence-electron chi connectivity index (χ4n) is 3.66. The summed E-state index contributed by atoms with van der Waals surface area (Å²) in [5.74, 6) is 0.584. The molecule has 0 unspecified atom stereocenters. The molecule has 1 amide bonds. The number of hydrogen-bond acceptors (Lipinski definition) is 4. The number of hydrogen-bond donors (Lipinski definition) is 1. The minimum Gasteiger partial charge on any atom is -0.352 e. The first kappa shape index (κ1) is 20.1. The van der Waals surface area contributed by atoms with E-state index in [4.69, 9.17) is 5.26 Å². The van der Waals surface area contributed by atoms with Gasteiger partial charge in [-0.1, -0.05) is 0 Å². The lowest BCUT2D eigenvalue weighted by molar-refractivity contribution is -0.131. The zero-order chi connectivity index (χ0) is 19.9. The largest absolute Gasteiger partial charge is 0.352 e. The minimum absolute atomic E-state index is 0.223. The van der Waals surface area contributed by atoms with Gasteiger partial charge in [-0.3, -0.25) is 14.7 Å². The van der Waals surface area contributed by atoms with Crippen LogP contribution in [0.2, 0.25) is 0 Å². The molecule has 0 radical (unpaired) electrons. The molecule has 2 heterocycles. The highest BCUT2D eigenvalue weighted by molar-refractivity contribution is 5.80. The summed E-state index contributed by atoms with van der Waals surface area (Å²) >= 11 is 0. The Morgan fingerprint density at radius 3 is 2.54 bits per heavy atom. The Hall–Kier alpha value is -2.66. The molecule has 8 heteroatoms. The summed E-state index contributed by atoms with van der Waals surface area (Å²) in [6, 6.07) is 6.36. The average molecular weight is 386 g/mol. The third kappa shape index (κ3) is 4.98. The Morgan fingerprint density at radius 1 is 1.18 bits per heavy atom. The highest BCUT2D eigenvalue weighted by atomic mass is 19.1. The molecule has 28 heavy (non-hydrogen) atoms. The summed E-state index contributed by atoms with van der Waals surface area (Å²) in [6.45, 7) is 5.62. The third-order valence-corrected chi connectivity index (χ3v) is 5.31. The van der Waals surface area contributed by atoms with Crippen LogP contribution in [0, 0.1) is 17.1 Å². The van der Waals surface area contributed by atoms with Crippen LogP contribution in [0.15, 0.2) is 23.2 Å². The summed E-state index contributed by atoms with van der Waals surface area (Å²) in [4.78, 5) is 22.9. The van der Waals surface area contributed by atoms with Crippen molar-refractivity contribution in [2.24, 2.45) is 4.99 Å². The van der Waals surface area contributed by atoms with Crippen LogP contribution in [0.25, 0.3) is 0 Å². The van der Waals surface area contributed by atoms with E-state index >= 15 is 0 Å². The van der Waals surface area contributed by atoms with Gasteiger partial charge in [0.2, 0.25) is 5.91 Å². The molecule has 0 saturated carbocycles. The highest BCUT2D eigenvalue weighted by Crippen LogP contribution is 2.11. The van der Waals surface area contributed by atoms with Crippen molar-refractivity contribution in [3.8, 4) is 6.07 Å². The van der Waals surface area contributed by atoms with Crippen LogP contribution in [-0.4, -0.2) is 79.4 Å². The second-order valence-electron chi connectivity index (χ2n) is 7.17. The van der Waals surface area contributed by atoms with Gasteiger partial charge in [-0.25, -0.2) is 4.39 Å². The number of nitrogens with zero attached hydrogens (tertiary/aromatic N) is 5. The number of piperazine rings is 1. The normalized spacial score (nSPS) is 18.2. The molecule has 0 atom stereocenters. The first-order valence-corrected chi connectivity index (χ1v) is 9.75. The van der Waals surface area contributed by atoms with Gasteiger partial charge in [-0.05, 0) is 31.0 Å². The van der Waals surface area contributed by atoms with E-state index in [-0.39, 0.29) is 18.3 Å². The number of carbonyl (C=O) groups excluding carboxylic acids is 1. The van der Waals surface area contributed by atoms with E-state index in [1.54, 1.807) is 13.1 Å². The molecule has 7 nitrogen and oxygen atoms in total. The Kier molecular flexibility index (Phi) is 6.82. The molecule has 0 spiro atoms.